The monoisotopic (exact) mass is 294 g/mol. The van der Waals surface area contributed by atoms with Gasteiger partial charge in [0.25, 0.3) is 0 Å². The third-order valence-electron chi connectivity index (χ3n) is 3.47. The first-order chi connectivity index (χ1) is 10.1. The van der Waals surface area contributed by atoms with Gasteiger partial charge in [-0.3, -0.25) is 0 Å². The molecule has 0 heterocycles. The van der Waals surface area contributed by atoms with Crippen LogP contribution in [0.15, 0.2) is 24.3 Å². The Balaban J connectivity index is 2.35. The number of aliphatic hydroxyl groups is 1. The van der Waals surface area contributed by atoms with Crippen LogP contribution in [-0.2, 0) is 0 Å². The number of para-hydroxylation sites is 1. The Bertz CT molecular complexity index is 437. The molecule has 0 saturated heterocycles. The molecule has 118 valence electrons. The molecule has 1 aromatic rings. The molecule has 0 aromatic heterocycles. The lowest BCUT2D eigenvalue weighted by Gasteiger charge is -2.16. The fourth-order valence-electron chi connectivity index (χ4n) is 2.05. The summed E-state index contributed by atoms with van der Waals surface area (Å²) >= 11 is 0. The molecule has 0 spiro atoms. The Morgan fingerprint density at radius 2 is 2.05 bits per heavy atom. The Morgan fingerprint density at radius 1 is 1.33 bits per heavy atom. The van der Waals surface area contributed by atoms with Crippen LogP contribution in [0.2, 0.25) is 0 Å². The molecule has 0 radical (unpaired) electrons. The largest absolute Gasteiger partial charge is 0.496 e. The van der Waals surface area contributed by atoms with Crippen LogP contribution in [0, 0.1) is 0 Å². The third-order valence-corrected chi connectivity index (χ3v) is 3.47. The number of benzene rings is 1. The maximum Gasteiger partial charge on any atom is 0.314 e. The van der Waals surface area contributed by atoms with Crippen molar-refractivity contribution in [2.24, 2.45) is 0 Å². The van der Waals surface area contributed by atoms with E-state index in [0.717, 1.165) is 11.3 Å². The number of amides is 2. The van der Waals surface area contributed by atoms with E-state index in [0.29, 0.717) is 25.9 Å². The first-order valence-electron chi connectivity index (χ1n) is 7.41. The highest BCUT2D eigenvalue weighted by atomic mass is 16.5. The first-order valence-corrected chi connectivity index (χ1v) is 7.41. The predicted octanol–water partition coefficient (Wildman–Crippen LogP) is 2.26. The van der Waals surface area contributed by atoms with Gasteiger partial charge in [0.05, 0.1) is 13.2 Å². The lowest BCUT2D eigenvalue weighted by molar-refractivity contribution is 0.160. The van der Waals surface area contributed by atoms with Gasteiger partial charge in [-0.15, -0.1) is 0 Å². The van der Waals surface area contributed by atoms with Crippen molar-refractivity contribution in [2.45, 2.75) is 38.7 Å². The average Bonchev–Trinajstić information content (AvgIpc) is 2.52. The Labute approximate surface area is 126 Å². The summed E-state index contributed by atoms with van der Waals surface area (Å²) in [6, 6.07) is 7.59. The zero-order chi connectivity index (χ0) is 15.7. The summed E-state index contributed by atoms with van der Waals surface area (Å²) in [4.78, 5) is 11.7. The standard InChI is InChI=1S/C16H26N2O3/c1-4-13(19)9-10-17-16(20)18-11-12(2)14-7-5-6-8-15(14)21-3/h5-8,12-13,19H,4,9-11H2,1-3H3,(H2,17,18,20). The van der Waals surface area contributed by atoms with Crippen molar-refractivity contribution in [3.63, 3.8) is 0 Å². The van der Waals surface area contributed by atoms with Gasteiger partial charge in [-0.2, -0.15) is 0 Å². The van der Waals surface area contributed by atoms with Crippen molar-refractivity contribution in [3.8, 4) is 5.75 Å². The molecule has 2 amide bonds. The van der Waals surface area contributed by atoms with Gasteiger partial charge in [-0.05, 0) is 24.5 Å². The van der Waals surface area contributed by atoms with Gasteiger partial charge in [0.15, 0.2) is 0 Å². The Hall–Kier alpha value is -1.75. The van der Waals surface area contributed by atoms with Crippen molar-refractivity contribution in [1.29, 1.82) is 0 Å². The molecular weight excluding hydrogens is 268 g/mol. The summed E-state index contributed by atoms with van der Waals surface area (Å²) in [5.41, 5.74) is 1.07. The number of aliphatic hydroxyl groups excluding tert-OH is 1. The maximum atomic E-state index is 11.7. The van der Waals surface area contributed by atoms with Gasteiger partial charge in [0.1, 0.15) is 5.75 Å². The van der Waals surface area contributed by atoms with Crippen LogP contribution in [0.5, 0.6) is 5.75 Å². The van der Waals surface area contributed by atoms with Gasteiger partial charge < -0.3 is 20.5 Å². The van der Waals surface area contributed by atoms with Crippen LogP contribution < -0.4 is 15.4 Å². The van der Waals surface area contributed by atoms with E-state index in [2.05, 4.69) is 10.6 Å². The minimum Gasteiger partial charge on any atom is -0.496 e. The fraction of sp³-hybridized carbons (Fsp3) is 0.562. The highest BCUT2D eigenvalue weighted by Crippen LogP contribution is 2.25. The molecule has 5 nitrogen and oxygen atoms in total. The molecule has 2 atom stereocenters. The lowest BCUT2D eigenvalue weighted by atomic mass is 10.0. The van der Waals surface area contributed by atoms with E-state index in [1.54, 1.807) is 7.11 Å². The first kappa shape index (κ1) is 17.3. The summed E-state index contributed by atoms with van der Waals surface area (Å²) in [6.07, 6.45) is 0.929. The Morgan fingerprint density at radius 3 is 2.71 bits per heavy atom. The normalized spacial score (nSPS) is 13.3. The van der Waals surface area contributed by atoms with Gasteiger partial charge in [-0.25, -0.2) is 4.79 Å². The number of nitrogens with one attached hydrogen (secondary N) is 2. The molecule has 2 unspecified atom stereocenters. The van der Waals surface area contributed by atoms with Crippen molar-refractivity contribution in [2.75, 3.05) is 20.2 Å². The van der Waals surface area contributed by atoms with Crippen LogP contribution in [0.3, 0.4) is 0 Å². The highest BCUT2D eigenvalue weighted by molar-refractivity contribution is 5.73. The number of ether oxygens (including phenoxy) is 1. The molecule has 0 bridgehead atoms. The second-order valence-electron chi connectivity index (χ2n) is 5.13. The van der Waals surface area contributed by atoms with E-state index in [-0.39, 0.29) is 18.1 Å². The molecule has 0 saturated carbocycles. The number of hydrogen-bond donors (Lipinski definition) is 3. The zero-order valence-electron chi connectivity index (χ0n) is 13.1. The summed E-state index contributed by atoms with van der Waals surface area (Å²) in [5.74, 6) is 0.992. The zero-order valence-corrected chi connectivity index (χ0v) is 13.1. The molecule has 1 aromatic carbocycles. The van der Waals surface area contributed by atoms with E-state index in [1.165, 1.54) is 0 Å². The minimum atomic E-state index is -0.349. The van der Waals surface area contributed by atoms with E-state index in [1.807, 2.05) is 38.1 Å². The molecule has 1 rings (SSSR count). The molecule has 21 heavy (non-hydrogen) atoms. The van der Waals surface area contributed by atoms with Crippen LogP contribution in [0.1, 0.15) is 38.2 Å². The third kappa shape index (κ3) is 6.04. The van der Waals surface area contributed by atoms with Crippen molar-refractivity contribution in [3.05, 3.63) is 29.8 Å². The second kappa shape index (κ2) is 9.23. The number of hydrogen-bond acceptors (Lipinski definition) is 3. The number of carbonyl (C=O) groups excluding carboxylic acids is 1. The van der Waals surface area contributed by atoms with Crippen LogP contribution in [0.25, 0.3) is 0 Å². The van der Waals surface area contributed by atoms with E-state index < -0.39 is 0 Å². The number of urea groups is 1. The molecule has 0 aliphatic heterocycles. The molecule has 0 aliphatic carbocycles. The summed E-state index contributed by atoms with van der Waals surface area (Å²) < 4.78 is 5.32. The van der Waals surface area contributed by atoms with Gasteiger partial charge in [-0.1, -0.05) is 32.0 Å². The van der Waals surface area contributed by atoms with Gasteiger partial charge in [0, 0.05) is 19.0 Å². The van der Waals surface area contributed by atoms with Gasteiger partial charge in [0.2, 0.25) is 0 Å². The van der Waals surface area contributed by atoms with Crippen molar-refractivity contribution >= 4 is 6.03 Å². The predicted molar refractivity (Wildman–Crippen MR) is 83.7 cm³/mol. The Kier molecular flexibility index (Phi) is 7.61. The van der Waals surface area contributed by atoms with Crippen LogP contribution >= 0.6 is 0 Å². The second-order valence-corrected chi connectivity index (χ2v) is 5.13. The quantitative estimate of drug-likeness (QED) is 0.689. The maximum absolute atomic E-state index is 11.7. The summed E-state index contributed by atoms with van der Waals surface area (Å²) in [5, 5.41) is 15.0. The molecule has 0 fully saturated rings. The van der Waals surface area contributed by atoms with Crippen molar-refractivity contribution < 1.29 is 14.6 Å². The molecule has 0 aliphatic rings. The summed E-state index contributed by atoms with van der Waals surface area (Å²) in [7, 11) is 1.64. The smallest absolute Gasteiger partial charge is 0.314 e. The van der Waals surface area contributed by atoms with Crippen LogP contribution in [-0.4, -0.2) is 37.4 Å². The number of methoxy groups -OCH3 is 1. The van der Waals surface area contributed by atoms with Gasteiger partial charge >= 0.3 is 6.03 Å². The van der Waals surface area contributed by atoms with E-state index in [9.17, 15) is 9.90 Å². The highest BCUT2D eigenvalue weighted by Gasteiger charge is 2.12. The van der Waals surface area contributed by atoms with Crippen molar-refractivity contribution in [1.82, 2.24) is 10.6 Å². The van der Waals surface area contributed by atoms with E-state index in [4.69, 9.17) is 4.74 Å². The lowest BCUT2D eigenvalue weighted by Crippen LogP contribution is -2.38. The average molecular weight is 294 g/mol. The number of carbonyl (C=O) groups is 1. The minimum absolute atomic E-state index is 0.160. The number of rotatable bonds is 8. The molecule has 3 N–H and O–H groups in total. The topological polar surface area (TPSA) is 70.6 Å². The van der Waals surface area contributed by atoms with Crippen LogP contribution in [0.4, 0.5) is 4.79 Å². The molecule has 5 heteroatoms. The summed E-state index contributed by atoms with van der Waals surface area (Å²) in [6.45, 7) is 4.96. The van der Waals surface area contributed by atoms with E-state index >= 15 is 0 Å². The SMILES string of the molecule is CCC(O)CCNC(=O)NCC(C)c1ccccc1OC. The molecular formula is C16H26N2O3. The fourth-order valence-corrected chi connectivity index (χ4v) is 2.05.